The number of carbonyl (C=O) groups is 1. The lowest BCUT2D eigenvalue weighted by atomic mass is 9.98. The summed E-state index contributed by atoms with van der Waals surface area (Å²) in [7, 11) is 0. The first kappa shape index (κ1) is 14.6. The fourth-order valence-corrected chi connectivity index (χ4v) is 1.84. The molecule has 1 atom stereocenters. The van der Waals surface area contributed by atoms with E-state index in [1.165, 1.54) is 0 Å². The maximum atomic E-state index is 13.0. The standard InChI is InChI=1S/C14H19F2NO/c1-3-5-6-10(4-2)14(18)17-13-8-11(15)7-12(16)9-13/h7-10H,3-6H2,1-2H3,(H,17,18). The SMILES string of the molecule is CCCCC(CC)C(=O)Nc1cc(F)cc(F)c1. The third-order valence-corrected chi connectivity index (χ3v) is 2.90. The summed E-state index contributed by atoms with van der Waals surface area (Å²) in [6.07, 6.45) is 3.53. The highest BCUT2D eigenvalue weighted by Gasteiger charge is 2.16. The van der Waals surface area contributed by atoms with Crippen LogP contribution in [0.2, 0.25) is 0 Å². The minimum atomic E-state index is -0.688. The Morgan fingerprint density at radius 2 is 1.83 bits per heavy atom. The Morgan fingerprint density at radius 3 is 2.33 bits per heavy atom. The van der Waals surface area contributed by atoms with Gasteiger partial charge < -0.3 is 5.32 Å². The summed E-state index contributed by atoms with van der Waals surface area (Å²) in [6.45, 7) is 4.00. The highest BCUT2D eigenvalue weighted by molar-refractivity contribution is 5.92. The molecular formula is C14H19F2NO. The van der Waals surface area contributed by atoms with Crippen LogP contribution < -0.4 is 5.32 Å². The first-order chi connectivity index (χ1) is 8.56. The average molecular weight is 255 g/mol. The van der Waals surface area contributed by atoms with E-state index in [0.29, 0.717) is 0 Å². The van der Waals surface area contributed by atoms with Crippen LogP contribution in [0.25, 0.3) is 0 Å². The predicted octanol–water partition coefficient (Wildman–Crippen LogP) is 4.12. The molecule has 0 radical (unpaired) electrons. The van der Waals surface area contributed by atoms with Gasteiger partial charge in [0.05, 0.1) is 0 Å². The summed E-state index contributed by atoms with van der Waals surface area (Å²) in [5.41, 5.74) is 0.174. The molecule has 0 aliphatic rings. The first-order valence-electron chi connectivity index (χ1n) is 6.33. The van der Waals surface area contributed by atoms with Crippen LogP contribution in [-0.2, 0) is 4.79 Å². The Balaban J connectivity index is 2.67. The molecule has 0 bridgehead atoms. The van der Waals surface area contributed by atoms with E-state index in [2.05, 4.69) is 12.2 Å². The number of carbonyl (C=O) groups excluding carboxylic acids is 1. The van der Waals surface area contributed by atoms with Crippen molar-refractivity contribution in [3.8, 4) is 0 Å². The van der Waals surface area contributed by atoms with E-state index in [1.54, 1.807) is 0 Å². The van der Waals surface area contributed by atoms with Crippen molar-refractivity contribution in [2.45, 2.75) is 39.5 Å². The molecule has 18 heavy (non-hydrogen) atoms. The Morgan fingerprint density at radius 1 is 1.22 bits per heavy atom. The zero-order chi connectivity index (χ0) is 13.5. The van der Waals surface area contributed by atoms with Crippen molar-refractivity contribution in [2.75, 3.05) is 5.32 Å². The van der Waals surface area contributed by atoms with Crippen LogP contribution in [0.4, 0.5) is 14.5 Å². The van der Waals surface area contributed by atoms with Crippen molar-refractivity contribution in [3.63, 3.8) is 0 Å². The van der Waals surface area contributed by atoms with E-state index >= 15 is 0 Å². The average Bonchev–Trinajstić information content (AvgIpc) is 2.28. The van der Waals surface area contributed by atoms with Gasteiger partial charge in [0.1, 0.15) is 11.6 Å². The second-order valence-corrected chi connectivity index (χ2v) is 4.39. The van der Waals surface area contributed by atoms with Gasteiger partial charge in [0.25, 0.3) is 0 Å². The molecule has 0 saturated heterocycles. The second-order valence-electron chi connectivity index (χ2n) is 4.39. The quantitative estimate of drug-likeness (QED) is 0.814. The van der Waals surface area contributed by atoms with Gasteiger partial charge in [-0.1, -0.05) is 26.7 Å². The van der Waals surface area contributed by atoms with Crippen molar-refractivity contribution < 1.29 is 13.6 Å². The van der Waals surface area contributed by atoms with E-state index in [-0.39, 0.29) is 17.5 Å². The first-order valence-corrected chi connectivity index (χ1v) is 6.33. The number of nitrogens with one attached hydrogen (secondary N) is 1. The molecule has 1 amide bonds. The summed E-state index contributed by atoms with van der Waals surface area (Å²) in [6, 6.07) is 3.02. The van der Waals surface area contributed by atoms with Gasteiger partial charge in [-0.25, -0.2) is 8.78 Å². The van der Waals surface area contributed by atoms with Crippen LogP contribution >= 0.6 is 0 Å². The molecule has 0 fully saturated rings. The molecule has 0 spiro atoms. The maximum absolute atomic E-state index is 13.0. The van der Waals surface area contributed by atoms with E-state index in [9.17, 15) is 13.6 Å². The Labute approximate surface area is 106 Å². The van der Waals surface area contributed by atoms with Crippen LogP contribution in [0.15, 0.2) is 18.2 Å². The summed E-state index contributed by atoms with van der Waals surface area (Å²) < 4.78 is 25.9. The molecular weight excluding hydrogens is 236 g/mol. The van der Waals surface area contributed by atoms with Crippen molar-refractivity contribution in [1.82, 2.24) is 0 Å². The molecule has 1 aromatic rings. The summed E-state index contributed by atoms with van der Waals surface area (Å²) in [5.74, 6) is -1.65. The predicted molar refractivity (Wildman–Crippen MR) is 68.3 cm³/mol. The van der Waals surface area contributed by atoms with Crippen LogP contribution in [-0.4, -0.2) is 5.91 Å². The Hall–Kier alpha value is -1.45. The summed E-state index contributed by atoms with van der Waals surface area (Å²) in [5, 5.41) is 2.56. The van der Waals surface area contributed by atoms with Gasteiger partial charge in [0.2, 0.25) is 5.91 Å². The molecule has 1 rings (SSSR count). The molecule has 0 aliphatic carbocycles. The third kappa shape index (κ3) is 4.43. The minimum absolute atomic E-state index is 0.101. The monoisotopic (exact) mass is 255 g/mol. The lowest BCUT2D eigenvalue weighted by Gasteiger charge is -2.14. The molecule has 4 heteroatoms. The van der Waals surface area contributed by atoms with Gasteiger partial charge in [-0.2, -0.15) is 0 Å². The number of amides is 1. The van der Waals surface area contributed by atoms with E-state index in [4.69, 9.17) is 0 Å². The lowest BCUT2D eigenvalue weighted by molar-refractivity contribution is -0.120. The maximum Gasteiger partial charge on any atom is 0.227 e. The Kier molecular flexibility index (Phi) is 5.75. The number of anilines is 1. The van der Waals surface area contributed by atoms with Gasteiger partial charge >= 0.3 is 0 Å². The molecule has 1 aromatic carbocycles. The van der Waals surface area contributed by atoms with Crippen LogP contribution in [0.5, 0.6) is 0 Å². The van der Waals surface area contributed by atoms with Gasteiger partial charge in [0, 0.05) is 17.7 Å². The highest BCUT2D eigenvalue weighted by Crippen LogP contribution is 2.18. The van der Waals surface area contributed by atoms with Crippen molar-refractivity contribution >= 4 is 11.6 Å². The Bertz CT molecular complexity index is 387. The van der Waals surface area contributed by atoms with E-state index < -0.39 is 11.6 Å². The van der Waals surface area contributed by atoms with Crippen LogP contribution in [0, 0.1) is 17.6 Å². The van der Waals surface area contributed by atoms with Gasteiger partial charge in [-0.15, -0.1) is 0 Å². The molecule has 0 aromatic heterocycles. The molecule has 1 N–H and O–H groups in total. The number of benzene rings is 1. The van der Waals surface area contributed by atoms with Gasteiger partial charge in [-0.3, -0.25) is 4.79 Å². The fraction of sp³-hybridized carbons (Fsp3) is 0.500. The topological polar surface area (TPSA) is 29.1 Å². The second kappa shape index (κ2) is 7.09. The zero-order valence-corrected chi connectivity index (χ0v) is 10.8. The molecule has 100 valence electrons. The molecule has 0 heterocycles. The van der Waals surface area contributed by atoms with Crippen LogP contribution in [0.1, 0.15) is 39.5 Å². The smallest absolute Gasteiger partial charge is 0.227 e. The highest BCUT2D eigenvalue weighted by atomic mass is 19.1. The summed E-state index contributed by atoms with van der Waals surface area (Å²) in [4.78, 5) is 11.9. The zero-order valence-electron chi connectivity index (χ0n) is 10.8. The van der Waals surface area contributed by atoms with Crippen molar-refractivity contribution in [2.24, 2.45) is 5.92 Å². The lowest BCUT2D eigenvalue weighted by Crippen LogP contribution is -2.22. The number of halogens is 2. The van der Waals surface area contributed by atoms with Crippen molar-refractivity contribution in [3.05, 3.63) is 29.8 Å². The van der Waals surface area contributed by atoms with Crippen LogP contribution in [0.3, 0.4) is 0 Å². The molecule has 0 aliphatic heterocycles. The fourth-order valence-electron chi connectivity index (χ4n) is 1.84. The minimum Gasteiger partial charge on any atom is -0.326 e. The van der Waals surface area contributed by atoms with E-state index in [1.807, 2.05) is 6.92 Å². The number of hydrogen-bond acceptors (Lipinski definition) is 1. The van der Waals surface area contributed by atoms with Crippen molar-refractivity contribution in [1.29, 1.82) is 0 Å². The van der Waals surface area contributed by atoms with Gasteiger partial charge in [-0.05, 0) is 25.0 Å². The number of unbranched alkanes of at least 4 members (excludes halogenated alkanes) is 1. The molecule has 2 nitrogen and oxygen atoms in total. The largest absolute Gasteiger partial charge is 0.326 e. The van der Waals surface area contributed by atoms with Gasteiger partial charge in [0.15, 0.2) is 0 Å². The molecule has 0 saturated carbocycles. The third-order valence-electron chi connectivity index (χ3n) is 2.90. The number of hydrogen-bond donors (Lipinski definition) is 1. The summed E-state index contributed by atoms with van der Waals surface area (Å²) >= 11 is 0. The number of rotatable bonds is 6. The van der Waals surface area contributed by atoms with E-state index in [0.717, 1.165) is 43.9 Å². The normalized spacial score (nSPS) is 12.2. The molecule has 1 unspecified atom stereocenters.